The van der Waals surface area contributed by atoms with Gasteiger partial charge in [-0.1, -0.05) is 30.0 Å². The van der Waals surface area contributed by atoms with Crippen molar-refractivity contribution in [3.8, 4) is 11.5 Å². The molecule has 4 heteroatoms. The molecule has 2 N–H and O–H groups in total. The molecule has 0 radical (unpaired) electrons. The monoisotopic (exact) mass is 238 g/mol. The predicted molar refractivity (Wildman–Crippen MR) is 66.6 cm³/mol. The lowest BCUT2D eigenvalue weighted by molar-refractivity contribution is -0.109. The molecule has 0 heterocycles. The summed E-state index contributed by atoms with van der Waals surface area (Å²) in [5.74, 6) is 0.514. The van der Waals surface area contributed by atoms with E-state index in [1.165, 1.54) is 23.9 Å². The summed E-state index contributed by atoms with van der Waals surface area (Å²) in [4.78, 5) is 10.6. The van der Waals surface area contributed by atoms with Crippen molar-refractivity contribution in [3.05, 3.63) is 29.8 Å². The van der Waals surface area contributed by atoms with Gasteiger partial charge in [-0.3, -0.25) is 4.79 Å². The normalized spacial score (nSPS) is 10.8. The molecule has 1 aromatic rings. The third-order valence-corrected chi connectivity index (χ3v) is 2.75. The number of thioether (sulfide) groups is 1. The van der Waals surface area contributed by atoms with Gasteiger partial charge in [0.2, 0.25) is 0 Å². The molecule has 0 fully saturated rings. The van der Waals surface area contributed by atoms with Crippen LogP contribution in [0, 0.1) is 0 Å². The number of hydrogen-bond acceptors (Lipinski definition) is 4. The first-order valence-corrected chi connectivity index (χ1v) is 5.90. The first-order valence-electron chi connectivity index (χ1n) is 4.91. The molecule has 0 amide bonds. The van der Waals surface area contributed by atoms with Gasteiger partial charge in [0.15, 0.2) is 16.6 Å². The Hall–Kier alpha value is -1.42. The van der Waals surface area contributed by atoms with E-state index < -0.39 is 0 Å². The van der Waals surface area contributed by atoms with E-state index in [0.717, 1.165) is 17.7 Å². The van der Waals surface area contributed by atoms with E-state index in [1.807, 2.05) is 12.2 Å². The smallest absolute Gasteiger partial charge is 0.185 e. The average molecular weight is 238 g/mol. The van der Waals surface area contributed by atoms with Crippen LogP contribution in [0.4, 0.5) is 0 Å². The number of phenolic OH excluding ortho intramolecular Hbond substituents is 2. The number of carbonyl (C=O) groups excluding carboxylic acids is 1. The Morgan fingerprint density at radius 1 is 1.38 bits per heavy atom. The lowest BCUT2D eigenvalue weighted by atomic mass is 10.2. The number of hydrogen-bond donors (Lipinski definition) is 2. The van der Waals surface area contributed by atoms with Crippen LogP contribution in [-0.2, 0) is 4.79 Å². The quantitative estimate of drug-likeness (QED) is 0.625. The Balaban J connectivity index is 2.44. The molecule has 0 aliphatic rings. The minimum absolute atomic E-state index is 0.121. The van der Waals surface area contributed by atoms with Gasteiger partial charge in [-0.25, -0.2) is 0 Å². The molecule has 0 unspecified atom stereocenters. The predicted octanol–water partition coefficient (Wildman–Crippen LogP) is 2.78. The molecule has 3 nitrogen and oxygen atoms in total. The first kappa shape index (κ1) is 12.6. The van der Waals surface area contributed by atoms with E-state index in [9.17, 15) is 9.90 Å². The van der Waals surface area contributed by atoms with E-state index in [4.69, 9.17) is 5.11 Å². The Morgan fingerprint density at radius 3 is 2.75 bits per heavy atom. The zero-order valence-corrected chi connectivity index (χ0v) is 9.83. The molecule has 0 aromatic heterocycles. The van der Waals surface area contributed by atoms with Crippen LogP contribution in [0.1, 0.15) is 18.9 Å². The molecule has 0 saturated carbocycles. The second-order valence-corrected chi connectivity index (χ2v) is 4.55. The zero-order valence-electron chi connectivity index (χ0n) is 9.01. The summed E-state index contributed by atoms with van der Waals surface area (Å²) in [5.41, 5.74) is 0.822. The van der Waals surface area contributed by atoms with Gasteiger partial charge >= 0.3 is 0 Å². The highest BCUT2D eigenvalue weighted by Crippen LogP contribution is 2.25. The second-order valence-electron chi connectivity index (χ2n) is 3.28. The van der Waals surface area contributed by atoms with E-state index in [0.29, 0.717) is 0 Å². The van der Waals surface area contributed by atoms with Gasteiger partial charge in [0.05, 0.1) is 0 Å². The summed E-state index contributed by atoms with van der Waals surface area (Å²) in [5, 5.41) is 18.5. The van der Waals surface area contributed by atoms with Crippen molar-refractivity contribution in [1.82, 2.24) is 0 Å². The molecule has 0 spiro atoms. The summed E-state index contributed by atoms with van der Waals surface area (Å²) in [6.45, 7) is 1.55. The van der Waals surface area contributed by atoms with Gasteiger partial charge in [0.1, 0.15) is 0 Å². The zero-order chi connectivity index (χ0) is 12.0. The number of aromatic hydroxyl groups is 2. The van der Waals surface area contributed by atoms with Crippen molar-refractivity contribution in [2.75, 3.05) is 5.75 Å². The number of carbonyl (C=O) groups is 1. The van der Waals surface area contributed by atoms with Gasteiger partial charge in [-0.2, -0.15) is 0 Å². The van der Waals surface area contributed by atoms with Gasteiger partial charge in [0.25, 0.3) is 0 Å². The van der Waals surface area contributed by atoms with E-state index in [-0.39, 0.29) is 16.6 Å². The lowest BCUT2D eigenvalue weighted by Gasteiger charge is -1.98. The summed E-state index contributed by atoms with van der Waals surface area (Å²) < 4.78 is 0. The molecule has 0 aliphatic heterocycles. The van der Waals surface area contributed by atoms with Crippen LogP contribution in [0.25, 0.3) is 6.08 Å². The lowest BCUT2D eigenvalue weighted by Crippen LogP contribution is -1.83. The highest BCUT2D eigenvalue weighted by atomic mass is 32.2. The van der Waals surface area contributed by atoms with Crippen molar-refractivity contribution in [2.45, 2.75) is 13.3 Å². The van der Waals surface area contributed by atoms with Gasteiger partial charge < -0.3 is 10.2 Å². The summed E-state index contributed by atoms with van der Waals surface area (Å²) >= 11 is 1.29. The Labute approximate surface area is 98.8 Å². The van der Waals surface area contributed by atoms with Crippen LogP contribution in [0.15, 0.2) is 24.3 Å². The number of benzene rings is 1. The van der Waals surface area contributed by atoms with Gasteiger partial charge in [0, 0.05) is 12.7 Å². The fourth-order valence-electron chi connectivity index (χ4n) is 1.13. The molecule has 0 aliphatic carbocycles. The second kappa shape index (κ2) is 6.23. The van der Waals surface area contributed by atoms with Crippen LogP contribution in [-0.4, -0.2) is 21.1 Å². The highest BCUT2D eigenvalue weighted by molar-refractivity contribution is 8.13. The van der Waals surface area contributed by atoms with Crippen LogP contribution in [0.3, 0.4) is 0 Å². The minimum atomic E-state index is -0.125. The Morgan fingerprint density at radius 2 is 2.12 bits per heavy atom. The molecule has 1 rings (SSSR count). The molecule has 1 aromatic carbocycles. The van der Waals surface area contributed by atoms with Crippen LogP contribution < -0.4 is 0 Å². The van der Waals surface area contributed by atoms with E-state index >= 15 is 0 Å². The minimum Gasteiger partial charge on any atom is -0.504 e. The Bertz CT molecular complexity index is 399. The van der Waals surface area contributed by atoms with Crippen LogP contribution in [0.5, 0.6) is 11.5 Å². The van der Waals surface area contributed by atoms with Gasteiger partial charge in [-0.05, 0) is 24.1 Å². The van der Waals surface area contributed by atoms with E-state index in [2.05, 4.69) is 0 Å². The largest absolute Gasteiger partial charge is 0.504 e. The summed E-state index contributed by atoms with van der Waals surface area (Å²) in [7, 11) is 0. The number of allylic oxidation sites excluding steroid dienone is 1. The number of rotatable bonds is 4. The SMILES string of the molecule is CC(=O)SCCC=Cc1ccc(O)c(O)c1. The number of phenols is 2. The van der Waals surface area contributed by atoms with Crippen molar-refractivity contribution in [2.24, 2.45) is 0 Å². The fourth-order valence-corrected chi connectivity index (χ4v) is 1.68. The topological polar surface area (TPSA) is 57.5 Å². The van der Waals surface area contributed by atoms with Gasteiger partial charge in [-0.15, -0.1) is 0 Å². The molecular formula is C12H14O3S. The van der Waals surface area contributed by atoms with Crippen molar-refractivity contribution in [1.29, 1.82) is 0 Å². The standard InChI is InChI=1S/C12H14O3S/c1-9(13)16-7-3-2-4-10-5-6-11(14)12(15)8-10/h2,4-6,8,14-15H,3,7H2,1H3. The molecule has 0 saturated heterocycles. The molecule has 86 valence electrons. The van der Waals surface area contributed by atoms with Crippen molar-refractivity contribution >= 4 is 23.0 Å². The maximum absolute atomic E-state index is 10.6. The van der Waals surface area contributed by atoms with Crippen molar-refractivity contribution in [3.63, 3.8) is 0 Å². The third-order valence-electron chi connectivity index (χ3n) is 1.90. The van der Waals surface area contributed by atoms with Crippen LogP contribution >= 0.6 is 11.8 Å². The van der Waals surface area contributed by atoms with E-state index in [1.54, 1.807) is 13.0 Å². The van der Waals surface area contributed by atoms with Crippen molar-refractivity contribution < 1.29 is 15.0 Å². The molecule has 16 heavy (non-hydrogen) atoms. The first-order chi connectivity index (χ1) is 7.59. The van der Waals surface area contributed by atoms with Crippen LogP contribution in [0.2, 0.25) is 0 Å². The summed E-state index contributed by atoms with van der Waals surface area (Å²) in [6, 6.07) is 4.65. The third kappa shape index (κ3) is 4.40. The highest BCUT2D eigenvalue weighted by Gasteiger charge is 1.97. The maximum atomic E-state index is 10.6. The Kier molecular flexibility index (Phi) is 4.92. The summed E-state index contributed by atoms with van der Waals surface area (Å²) in [6.07, 6.45) is 4.58. The maximum Gasteiger partial charge on any atom is 0.185 e. The molecule has 0 bridgehead atoms. The molecular weight excluding hydrogens is 224 g/mol. The average Bonchev–Trinajstić information content (AvgIpc) is 2.22. The fraction of sp³-hybridized carbons (Fsp3) is 0.250. The molecule has 0 atom stereocenters.